The molecule has 0 radical (unpaired) electrons. The Morgan fingerprint density at radius 1 is 1.11 bits per heavy atom. The number of tetrazole rings is 1. The van der Waals surface area contributed by atoms with Crippen molar-refractivity contribution in [1.82, 2.24) is 30.0 Å². The predicted molar refractivity (Wildman–Crippen MR) is 105 cm³/mol. The molecule has 140 valence electrons. The number of rotatable bonds is 6. The Morgan fingerprint density at radius 3 is 2.82 bits per heavy atom. The van der Waals surface area contributed by atoms with Crippen LogP contribution in [0.15, 0.2) is 67.0 Å². The molecule has 0 aliphatic rings. The molecular formula is C20H19N7O. The molecule has 0 bridgehead atoms. The molecule has 28 heavy (non-hydrogen) atoms. The van der Waals surface area contributed by atoms with E-state index in [0.717, 1.165) is 16.8 Å². The van der Waals surface area contributed by atoms with Crippen LogP contribution in [-0.2, 0) is 13.1 Å². The number of carbonyl (C=O) groups is 1. The number of hydrogen-bond acceptors (Lipinski definition) is 5. The Morgan fingerprint density at radius 2 is 2.00 bits per heavy atom. The van der Waals surface area contributed by atoms with E-state index in [0.29, 0.717) is 24.5 Å². The molecule has 0 aliphatic heterocycles. The number of nitrogens with one attached hydrogen (secondary N) is 1. The lowest BCUT2D eigenvalue weighted by Crippen LogP contribution is -2.12. The fraction of sp³-hybridized carbons (Fsp3) is 0.150. The normalized spacial score (nSPS) is 10.8. The molecule has 0 unspecified atom stereocenters. The highest BCUT2D eigenvalue weighted by molar-refractivity contribution is 6.04. The largest absolute Gasteiger partial charge is 0.322 e. The van der Waals surface area contributed by atoms with Crippen molar-refractivity contribution in [2.24, 2.45) is 0 Å². The first kappa shape index (κ1) is 17.6. The molecule has 8 nitrogen and oxygen atoms in total. The molecule has 0 fully saturated rings. The predicted octanol–water partition coefficient (Wildman–Crippen LogP) is 2.86. The zero-order valence-corrected chi connectivity index (χ0v) is 15.4. The molecule has 0 aliphatic carbocycles. The van der Waals surface area contributed by atoms with Gasteiger partial charge in [-0.1, -0.05) is 24.3 Å². The van der Waals surface area contributed by atoms with Gasteiger partial charge in [0.05, 0.1) is 6.54 Å². The van der Waals surface area contributed by atoms with Crippen molar-refractivity contribution >= 4 is 11.6 Å². The van der Waals surface area contributed by atoms with Crippen LogP contribution in [0.25, 0.3) is 11.4 Å². The van der Waals surface area contributed by atoms with Crippen molar-refractivity contribution in [2.75, 3.05) is 5.32 Å². The van der Waals surface area contributed by atoms with Gasteiger partial charge in [0, 0.05) is 35.8 Å². The van der Waals surface area contributed by atoms with E-state index in [1.165, 1.54) is 0 Å². The molecule has 1 N–H and O–H groups in total. The molecule has 0 spiro atoms. The van der Waals surface area contributed by atoms with E-state index in [4.69, 9.17) is 0 Å². The highest BCUT2D eigenvalue weighted by atomic mass is 16.1. The second kappa shape index (κ2) is 7.83. The molecule has 2 heterocycles. The average molecular weight is 373 g/mol. The number of carbonyl (C=O) groups excluding carboxylic acids is 1. The Bertz CT molecular complexity index is 1090. The first-order valence-electron chi connectivity index (χ1n) is 8.97. The van der Waals surface area contributed by atoms with Crippen LogP contribution >= 0.6 is 0 Å². The maximum absolute atomic E-state index is 12.7. The van der Waals surface area contributed by atoms with Gasteiger partial charge in [0.15, 0.2) is 5.82 Å². The molecule has 4 aromatic rings. The quantitative estimate of drug-likeness (QED) is 0.561. The Labute approximate surface area is 161 Å². The third-order valence-corrected chi connectivity index (χ3v) is 4.30. The van der Waals surface area contributed by atoms with Crippen LogP contribution in [0, 0.1) is 0 Å². The topological polar surface area (TPSA) is 90.5 Å². The zero-order chi connectivity index (χ0) is 19.3. The smallest absolute Gasteiger partial charge is 0.255 e. The van der Waals surface area contributed by atoms with E-state index in [2.05, 4.69) is 25.9 Å². The van der Waals surface area contributed by atoms with Crippen molar-refractivity contribution in [3.63, 3.8) is 0 Å². The number of hydrogen-bond donors (Lipinski definition) is 1. The maximum Gasteiger partial charge on any atom is 0.255 e. The summed E-state index contributed by atoms with van der Waals surface area (Å²) in [7, 11) is 0. The van der Waals surface area contributed by atoms with Crippen molar-refractivity contribution in [2.45, 2.75) is 20.0 Å². The minimum Gasteiger partial charge on any atom is -0.322 e. The first-order chi connectivity index (χ1) is 13.7. The van der Waals surface area contributed by atoms with Crippen LogP contribution in [0.1, 0.15) is 22.8 Å². The van der Waals surface area contributed by atoms with E-state index in [1.807, 2.05) is 60.3 Å². The van der Waals surface area contributed by atoms with Crippen LogP contribution < -0.4 is 5.32 Å². The minimum absolute atomic E-state index is 0.186. The molecule has 0 saturated heterocycles. The summed E-state index contributed by atoms with van der Waals surface area (Å²) in [5, 5.41) is 18.9. The van der Waals surface area contributed by atoms with Crippen molar-refractivity contribution in [1.29, 1.82) is 0 Å². The molecule has 0 atom stereocenters. The SMILES string of the molecule is CCn1nnnc1-c1cccc(C(=O)Nc2cccc(Cn3cccn3)c2)c1. The average Bonchev–Trinajstić information content (AvgIpc) is 3.40. The number of anilines is 1. The highest BCUT2D eigenvalue weighted by Gasteiger charge is 2.12. The van der Waals surface area contributed by atoms with E-state index in [9.17, 15) is 4.79 Å². The summed E-state index contributed by atoms with van der Waals surface area (Å²) in [6, 6.07) is 16.9. The van der Waals surface area contributed by atoms with E-state index in [1.54, 1.807) is 23.0 Å². The molecule has 4 rings (SSSR count). The lowest BCUT2D eigenvalue weighted by Gasteiger charge is -2.09. The molecule has 8 heteroatoms. The summed E-state index contributed by atoms with van der Waals surface area (Å²) in [6.07, 6.45) is 3.65. The second-order valence-corrected chi connectivity index (χ2v) is 6.26. The fourth-order valence-electron chi connectivity index (χ4n) is 2.96. The van der Waals surface area contributed by atoms with Crippen LogP contribution in [0.4, 0.5) is 5.69 Å². The number of aryl methyl sites for hydroxylation is 1. The minimum atomic E-state index is -0.186. The van der Waals surface area contributed by atoms with Gasteiger partial charge in [-0.15, -0.1) is 5.10 Å². The van der Waals surface area contributed by atoms with Crippen LogP contribution in [-0.4, -0.2) is 35.9 Å². The molecule has 1 amide bonds. The summed E-state index contributed by atoms with van der Waals surface area (Å²) < 4.78 is 3.53. The van der Waals surface area contributed by atoms with Crippen molar-refractivity contribution in [3.8, 4) is 11.4 Å². The van der Waals surface area contributed by atoms with Crippen LogP contribution in [0.3, 0.4) is 0 Å². The Balaban J connectivity index is 1.52. The van der Waals surface area contributed by atoms with E-state index in [-0.39, 0.29) is 5.91 Å². The van der Waals surface area contributed by atoms with Gasteiger partial charge in [-0.25, -0.2) is 4.68 Å². The summed E-state index contributed by atoms with van der Waals surface area (Å²) in [4.78, 5) is 12.7. The maximum atomic E-state index is 12.7. The lowest BCUT2D eigenvalue weighted by molar-refractivity contribution is 0.102. The van der Waals surface area contributed by atoms with Crippen molar-refractivity contribution < 1.29 is 4.79 Å². The summed E-state index contributed by atoms with van der Waals surface area (Å²) in [6.45, 7) is 3.26. The first-order valence-corrected chi connectivity index (χ1v) is 8.97. The Hall–Kier alpha value is -3.81. The fourth-order valence-corrected chi connectivity index (χ4v) is 2.96. The Kier molecular flexibility index (Phi) is 4.92. The molecular weight excluding hydrogens is 354 g/mol. The van der Waals surface area contributed by atoms with Gasteiger partial charge in [-0.2, -0.15) is 5.10 Å². The zero-order valence-electron chi connectivity index (χ0n) is 15.4. The molecule has 0 saturated carbocycles. The van der Waals surface area contributed by atoms with Gasteiger partial charge < -0.3 is 5.32 Å². The van der Waals surface area contributed by atoms with E-state index >= 15 is 0 Å². The summed E-state index contributed by atoms with van der Waals surface area (Å²) in [5.74, 6) is 0.451. The summed E-state index contributed by atoms with van der Waals surface area (Å²) in [5.41, 5.74) is 3.13. The van der Waals surface area contributed by atoms with Gasteiger partial charge in [0.25, 0.3) is 5.91 Å². The van der Waals surface area contributed by atoms with Gasteiger partial charge in [0.2, 0.25) is 0 Å². The van der Waals surface area contributed by atoms with Gasteiger partial charge >= 0.3 is 0 Å². The van der Waals surface area contributed by atoms with Gasteiger partial charge in [-0.3, -0.25) is 9.48 Å². The lowest BCUT2D eigenvalue weighted by atomic mass is 10.1. The standard InChI is InChI=1S/C20H19N7O/c1-2-27-19(23-24-25-27)16-7-4-8-17(13-16)20(28)22-18-9-3-6-15(12-18)14-26-11-5-10-21-26/h3-13H,2,14H2,1H3,(H,22,28). The third-order valence-electron chi connectivity index (χ3n) is 4.30. The van der Waals surface area contributed by atoms with Crippen molar-refractivity contribution in [3.05, 3.63) is 78.1 Å². The number of nitrogens with zero attached hydrogens (tertiary/aromatic N) is 6. The monoisotopic (exact) mass is 373 g/mol. The van der Waals surface area contributed by atoms with Crippen LogP contribution in [0.5, 0.6) is 0 Å². The summed E-state index contributed by atoms with van der Waals surface area (Å²) >= 11 is 0. The van der Waals surface area contributed by atoms with Crippen LogP contribution in [0.2, 0.25) is 0 Å². The molecule has 2 aromatic carbocycles. The van der Waals surface area contributed by atoms with E-state index < -0.39 is 0 Å². The third kappa shape index (κ3) is 3.80. The molecule has 2 aromatic heterocycles. The van der Waals surface area contributed by atoms with Gasteiger partial charge in [0.1, 0.15) is 0 Å². The second-order valence-electron chi connectivity index (χ2n) is 6.26. The van der Waals surface area contributed by atoms with Gasteiger partial charge in [-0.05, 0) is 53.2 Å². The highest BCUT2D eigenvalue weighted by Crippen LogP contribution is 2.19. The number of benzene rings is 2. The number of aromatic nitrogens is 6. The number of amides is 1.